The van der Waals surface area contributed by atoms with Gasteiger partial charge >= 0.3 is 0 Å². The number of rotatable bonds is 7. The Morgan fingerprint density at radius 1 is 1.09 bits per heavy atom. The molecule has 8 heteroatoms. The van der Waals surface area contributed by atoms with Crippen LogP contribution in [0.3, 0.4) is 0 Å². The van der Waals surface area contributed by atoms with Crippen LogP contribution in [0.5, 0.6) is 11.5 Å². The third kappa shape index (κ3) is 6.28. The van der Waals surface area contributed by atoms with Crippen molar-refractivity contribution in [1.29, 1.82) is 0 Å². The Balaban J connectivity index is 0.00000324. The average Bonchev–Trinajstić information content (AvgIpc) is 3.25. The number of H-pyrrole nitrogens is 1. The third-order valence-electron chi connectivity index (χ3n) is 6.37. The Labute approximate surface area is 219 Å². The van der Waals surface area contributed by atoms with E-state index < -0.39 is 0 Å². The summed E-state index contributed by atoms with van der Waals surface area (Å²) < 4.78 is 10.8. The number of aryl methyl sites for hydroxylation is 1. The van der Waals surface area contributed by atoms with Gasteiger partial charge in [0, 0.05) is 73.7 Å². The molecule has 0 radical (unpaired) electrons. The molecular formula is C26H36IN5O2. The average molecular weight is 578 g/mol. The maximum atomic E-state index is 5.42. The van der Waals surface area contributed by atoms with Crippen LogP contribution in [0.25, 0.3) is 10.9 Å². The Hall–Kier alpha value is -2.62. The Kier molecular flexibility index (Phi) is 9.32. The molecule has 0 amide bonds. The molecule has 3 N–H and O–H groups in total. The quantitative estimate of drug-likeness (QED) is 0.219. The molecule has 2 aromatic carbocycles. The number of fused-ring (bicyclic) bond motifs is 1. The molecular weight excluding hydrogens is 541 g/mol. The molecule has 1 saturated heterocycles. The second-order valence-corrected chi connectivity index (χ2v) is 8.59. The number of nitrogens with zero attached hydrogens (tertiary/aromatic N) is 2. The van der Waals surface area contributed by atoms with Crippen molar-refractivity contribution in [2.45, 2.75) is 32.2 Å². The lowest BCUT2D eigenvalue weighted by atomic mass is 10.0. The van der Waals surface area contributed by atoms with E-state index in [0.717, 1.165) is 62.0 Å². The minimum atomic E-state index is 0. The number of methoxy groups -OCH3 is 2. The summed E-state index contributed by atoms with van der Waals surface area (Å²) in [5.41, 5.74) is 4.94. The van der Waals surface area contributed by atoms with E-state index in [1.807, 2.05) is 13.1 Å². The Morgan fingerprint density at radius 2 is 1.79 bits per heavy atom. The van der Waals surface area contributed by atoms with Crippen LogP contribution in [-0.2, 0) is 6.42 Å². The van der Waals surface area contributed by atoms with Crippen molar-refractivity contribution in [3.63, 3.8) is 0 Å². The first kappa shape index (κ1) is 26.0. The normalized spacial score (nSPS) is 14.6. The molecule has 0 aliphatic carbocycles. The van der Waals surface area contributed by atoms with Gasteiger partial charge in [0.1, 0.15) is 11.5 Å². The van der Waals surface area contributed by atoms with Crippen LogP contribution in [-0.4, -0.2) is 57.9 Å². The number of aliphatic imine (C=N–C) groups is 1. The van der Waals surface area contributed by atoms with Gasteiger partial charge in [-0.15, -0.1) is 24.0 Å². The minimum absolute atomic E-state index is 0. The molecule has 0 saturated carbocycles. The van der Waals surface area contributed by atoms with E-state index in [1.165, 1.54) is 22.0 Å². The number of benzene rings is 2. The second-order valence-electron chi connectivity index (χ2n) is 8.59. The first-order chi connectivity index (χ1) is 16.1. The molecule has 1 fully saturated rings. The van der Waals surface area contributed by atoms with Gasteiger partial charge in [-0.25, -0.2) is 0 Å². The zero-order valence-electron chi connectivity index (χ0n) is 20.5. The lowest BCUT2D eigenvalue weighted by Crippen LogP contribution is -2.49. The Bertz CT molecular complexity index is 1080. The topological polar surface area (TPSA) is 73.9 Å². The SMILES string of the molecule is CN=C(NCCc1c[nH]c2cc(C)ccc12)NC1CCN(c2cc(OC)cc(OC)c2)CC1.I. The van der Waals surface area contributed by atoms with E-state index in [4.69, 9.17) is 9.47 Å². The van der Waals surface area contributed by atoms with Gasteiger partial charge in [-0.1, -0.05) is 12.1 Å². The van der Waals surface area contributed by atoms with Gasteiger partial charge in [0.15, 0.2) is 5.96 Å². The molecule has 1 aromatic heterocycles. The van der Waals surface area contributed by atoms with Gasteiger partial charge in [0.25, 0.3) is 0 Å². The van der Waals surface area contributed by atoms with Crippen LogP contribution in [0, 0.1) is 6.92 Å². The lowest BCUT2D eigenvalue weighted by Gasteiger charge is -2.34. The summed E-state index contributed by atoms with van der Waals surface area (Å²) in [5, 5.41) is 8.38. The number of aromatic nitrogens is 1. The van der Waals surface area contributed by atoms with Crippen LogP contribution in [0.1, 0.15) is 24.0 Å². The van der Waals surface area contributed by atoms with Gasteiger partial charge in [-0.2, -0.15) is 0 Å². The van der Waals surface area contributed by atoms with Crippen molar-refractivity contribution >= 4 is 46.5 Å². The van der Waals surface area contributed by atoms with Gasteiger partial charge in [0.05, 0.1) is 14.2 Å². The number of guanidine groups is 1. The zero-order valence-corrected chi connectivity index (χ0v) is 22.8. The molecule has 0 bridgehead atoms. The van der Waals surface area contributed by atoms with Crippen molar-refractivity contribution in [2.24, 2.45) is 4.99 Å². The summed E-state index contributed by atoms with van der Waals surface area (Å²) in [7, 11) is 5.21. The maximum Gasteiger partial charge on any atom is 0.191 e. The number of piperidine rings is 1. The standard InChI is InChI=1S/C26H35N5O2.HI/c1-18-5-6-24-19(17-29-25(24)13-18)7-10-28-26(27-2)30-20-8-11-31(12-9-20)21-14-22(32-3)16-23(15-21)33-4;/h5-6,13-17,20,29H,7-12H2,1-4H3,(H2,27,28,30);1H. The largest absolute Gasteiger partial charge is 0.497 e. The number of anilines is 1. The highest BCUT2D eigenvalue weighted by molar-refractivity contribution is 14.0. The van der Waals surface area contributed by atoms with Crippen molar-refractivity contribution in [3.05, 3.63) is 53.7 Å². The molecule has 2 heterocycles. The summed E-state index contributed by atoms with van der Waals surface area (Å²) in [5.74, 6) is 2.51. The van der Waals surface area contributed by atoms with Crippen molar-refractivity contribution in [3.8, 4) is 11.5 Å². The van der Waals surface area contributed by atoms with Crippen molar-refractivity contribution in [1.82, 2.24) is 15.6 Å². The fourth-order valence-electron chi connectivity index (χ4n) is 4.47. The smallest absolute Gasteiger partial charge is 0.191 e. The third-order valence-corrected chi connectivity index (χ3v) is 6.37. The molecule has 3 aromatic rings. The molecule has 0 unspecified atom stereocenters. The Morgan fingerprint density at radius 3 is 2.44 bits per heavy atom. The molecule has 1 aliphatic rings. The molecule has 34 heavy (non-hydrogen) atoms. The maximum absolute atomic E-state index is 5.42. The number of hydrogen-bond donors (Lipinski definition) is 3. The second kappa shape index (κ2) is 12.2. The summed E-state index contributed by atoms with van der Waals surface area (Å²) in [6.45, 7) is 4.90. The number of hydrogen-bond acceptors (Lipinski definition) is 4. The number of halogens is 1. The van der Waals surface area contributed by atoms with Gasteiger partial charge in [-0.3, -0.25) is 4.99 Å². The van der Waals surface area contributed by atoms with E-state index in [2.05, 4.69) is 69.0 Å². The van der Waals surface area contributed by atoms with E-state index >= 15 is 0 Å². The van der Waals surface area contributed by atoms with E-state index in [9.17, 15) is 0 Å². The molecule has 4 rings (SSSR count). The van der Waals surface area contributed by atoms with Crippen LogP contribution in [0.15, 0.2) is 47.6 Å². The zero-order chi connectivity index (χ0) is 23.2. The molecule has 1 aliphatic heterocycles. The van der Waals surface area contributed by atoms with Crippen molar-refractivity contribution < 1.29 is 9.47 Å². The minimum Gasteiger partial charge on any atom is -0.497 e. The molecule has 0 atom stereocenters. The highest BCUT2D eigenvalue weighted by Gasteiger charge is 2.21. The van der Waals surface area contributed by atoms with Crippen LogP contribution in [0.2, 0.25) is 0 Å². The van der Waals surface area contributed by atoms with Gasteiger partial charge in [-0.05, 0) is 43.4 Å². The van der Waals surface area contributed by atoms with E-state index in [1.54, 1.807) is 14.2 Å². The highest BCUT2D eigenvalue weighted by atomic mass is 127. The first-order valence-corrected chi connectivity index (χ1v) is 11.6. The number of aromatic amines is 1. The number of nitrogens with one attached hydrogen (secondary N) is 3. The first-order valence-electron chi connectivity index (χ1n) is 11.6. The van der Waals surface area contributed by atoms with Crippen LogP contribution in [0.4, 0.5) is 5.69 Å². The fraction of sp³-hybridized carbons (Fsp3) is 0.423. The van der Waals surface area contributed by atoms with Crippen LogP contribution < -0.4 is 25.0 Å². The molecule has 7 nitrogen and oxygen atoms in total. The summed E-state index contributed by atoms with van der Waals surface area (Å²) in [6, 6.07) is 13.0. The monoisotopic (exact) mass is 577 g/mol. The molecule has 0 spiro atoms. The lowest BCUT2D eigenvalue weighted by molar-refractivity contribution is 0.393. The summed E-state index contributed by atoms with van der Waals surface area (Å²) in [4.78, 5) is 10.2. The summed E-state index contributed by atoms with van der Waals surface area (Å²) >= 11 is 0. The van der Waals surface area contributed by atoms with Gasteiger partial charge in [0.2, 0.25) is 0 Å². The van der Waals surface area contributed by atoms with Crippen LogP contribution >= 0.6 is 24.0 Å². The van der Waals surface area contributed by atoms with Gasteiger partial charge < -0.3 is 30.0 Å². The fourth-order valence-corrected chi connectivity index (χ4v) is 4.47. The van der Waals surface area contributed by atoms with E-state index in [0.29, 0.717) is 6.04 Å². The highest BCUT2D eigenvalue weighted by Crippen LogP contribution is 2.30. The van der Waals surface area contributed by atoms with Crippen molar-refractivity contribution in [2.75, 3.05) is 45.8 Å². The molecule has 184 valence electrons. The predicted molar refractivity (Wildman–Crippen MR) is 151 cm³/mol. The van der Waals surface area contributed by atoms with E-state index in [-0.39, 0.29) is 24.0 Å². The summed E-state index contributed by atoms with van der Waals surface area (Å²) in [6.07, 6.45) is 5.15. The number of ether oxygens (including phenoxy) is 2. The predicted octanol–water partition coefficient (Wildman–Crippen LogP) is 4.49.